The molecule has 5 heteroatoms. The second-order valence-corrected chi connectivity index (χ2v) is 5.27. The van der Waals surface area contributed by atoms with E-state index < -0.39 is 0 Å². The highest BCUT2D eigenvalue weighted by Crippen LogP contribution is 2.18. The summed E-state index contributed by atoms with van der Waals surface area (Å²) in [6.45, 7) is 5.35. The molecule has 1 atom stereocenters. The number of hydrogen-bond acceptors (Lipinski definition) is 4. The predicted octanol–water partition coefficient (Wildman–Crippen LogP) is 1.71. The van der Waals surface area contributed by atoms with Crippen LogP contribution < -0.4 is 0 Å². The summed E-state index contributed by atoms with van der Waals surface area (Å²) in [5.74, 6) is -0.324. The van der Waals surface area contributed by atoms with Crippen LogP contribution >= 0.6 is 0 Å². The van der Waals surface area contributed by atoms with Gasteiger partial charge in [-0.25, -0.2) is 0 Å². The lowest BCUT2D eigenvalue weighted by Crippen LogP contribution is -2.46. The third-order valence-corrected chi connectivity index (χ3v) is 3.88. The van der Waals surface area contributed by atoms with E-state index in [1.54, 1.807) is 4.90 Å². The minimum atomic E-state index is -0.318. The fourth-order valence-corrected chi connectivity index (χ4v) is 2.45. The van der Waals surface area contributed by atoms with Gasteiger partial charge >= 0.3 is 5.97 Å². The Bertz CT molecular complexity index is 541. The van der Waals surface area contributed by atoms with E-state index in [9.17, 15) is 9.59 Å². The summed E-state index contributed by atoms with van der Waals surface area (Å²) in [5, 5.41) is 0. The highest BCUT2D eigenvalue weighted by molar-refractivity contribution is 5.96. The number of aryl methyl sites for hydroxylation is 1. The number of benzene rings is 1. The molecule has 1 unspecified atom stereocenters. The number of ether oxygens (including phenoxy) is 2. The fraction of sp³-hybridized carbons (Fsp3) is 0.500. The van der Waals surface area contributed by atoms with E-state index in [-0.39, 0.29) is 24.4 Å². The topological polar surface area (TPSA) is 55.8 Å². The minimum absolute atomic E-state index is 0.00522. The van der Waals surface area contributed by atoms with Crippen LogP contribution in [0, 0.1) is 13.8 Å². The van der Waals surface area contributed by atoms with Gasteiger partial charge < -0.3 is 14.4 Å². The monoisotopic (exact) mass is 291 g/mol. The normalized spacial score (nSPS) is 18.4. The highest BCUT2D eigenvalue weighted by Gasteiger charge is 2.27. The van der Waals surface area contributed by atoms with E-state index in [1.165, 1.54) is 7.11 Å². The van der Waals surface area contributed by atoms with Gasteiger partial charge in [-0.2, -0.15) is 0 Å². The SMILES string of the molecule is COC(=O)CC1CN(C(=O)c2cccc(C)c2C)CCO1. The lowest BCUT2D eigenvalue weighted by Gasteiger charge is -2.33. The van der Waals surface area contributed by atoms with Gasteiger partial charge in [0, 0.05) is 18.7 Å². The second-order valence-electron chi connectivity index (χ2n) is 5.27. The van der Waals surface area contributed by atoms with Gasteiger partial charge in [0.25, 0.3) is 5.91 Å². The van der Waals surface area contributed by atoms with Crippen molar-refractivity contribution < 1.29 is 19.1 Å². The zero-order valence-corrected chi connectivity index (χ0v) is 12.7. The van der Waals surface area contributed by atoms with Crippen molar-refractivity contribution in [1.82, 2.24) is 4.90 Å². The Balaban J connectivity index is 2.08. The summed E-state index contributed by atoms with van der Waals surface area (Å²) in [5.41, 5.74) is 2.81. The van der Waals surface area contributed by atoms with Gasteiger partial charge in [-0.05, 0) is 31.0 Å². The number of hydrogen-bond donors (Lipinski definition) is 0. The molecule has 0 N–H and O–H groups in total. The number of amides is 1. The molecule has 114 valence electrons. The maximum Gasteiger partial charge on any atom is 0.308 e. The average Bonchev–Trinajstić information content (AvgIpc) is 2.49. The molecule has 1 aromatic rings. The summed E-state index contributed by atoms with van der Waals surface area (Å²) in [6.07, 6.45) is -0.118. The lowest BCUT2D eigenvalue weighted by molar-refractivity contribution is -0.145. The molecule has 0 radical (unpaired) electrons. The molecule has 1 aliphatic rings. The van der Waals surface area contributed by atoms with Crippen LogP contribution in [-0.4, -0.2) is 49.7 Å². The molecule has 0 spiro atoms. The number of carbonyl (C=O) groups is 2. The van der Waals surface area contributed by atoms with Crippen molar-refractivity contribution in [3.63, 3.8) is 0 Å². The number of rotatable bonds is 3. The minimum Gasteiger partial charge on any atom is -0.469 e. The van der Waals surface area contributed by atoms with Crippen molar-refractivity contribution in [3.05, 3.63) is 34.9 Å². The molecule has 2 rings (SSSR count). The van der Waals surface area contributed by atoms with E-state index >= 15 is 0 Å². The molecule has 1 heterocycles. The fourth-order valence-electron chi connectivity index (χ4n) is 2.45. The first kappa shape index (κ1) is 15.5. The van der Waals surface area contributed by atoms with Crippen molar-refractivity contribution in [2.45, 2.75) is 26.4 Å². The Morgan fingerprint density at radius 2 is 2.14 bits per heavy atom. The quantitative estimate of drug-likeness (QED) is 0.796. The summed E-state index contributed by atoms with van der Waals surface area (Å²) < 4.78 is 10.2. The Morgan fingerprint density at radius 3 is 2.86 bits per heavy atom. The molecule has 1 saturated heterocycles. The third kappa shape index (κ3) is 3.61. The second kappa shape index (κ2) is 6.72. The number of methoxy groups -OCH3 is 1. The number of esters is 1. The molecule has 21 heavy (non-hydrogen) atoms. The Morgan fingerprint density at radius 1 is 1.38 bits per heavy atom. The molecule has 1 amide bonds. The Hall–Kier alpha value is -1.88. The molecule has 5 nitrogen and oxygen atoms in total. The van der Waals surface area contributed by atoms with Crippen LogP contribution in [0.1, 0.15) is 27.9 Å². The van der Waals surface area contributed by atoms with Crippen LogP contribution in [0.4, 0.5) is 0 Å². The van der Waals surface area contributed by atoms with Crippen molar-refractivity contribution in [1.29, 1.82) is 0 Å². The molecule has 1 aromatic carbocycles. The molecule has 1 fully saturated rings. The smallest absolute Gasteiger partial charge is 0.308 e. The zero-order valence-electron chi connectivity index (χ0n) is 12.7. The number of nitrogens with zero attached hydrogens (tertiary/aromatic N) is 1. The standard InChI is InChI=1S/C16H21NO4/c1-11-5-4-6-14(12(11)2)16(19)17-7-8-21-13(10-17)9-15(18)20-3/h4-6,13H,7-10H2,1-3H3. The molecule has 0 bridgehead atoms. The summed E-state index contributed by atoms with van der Waals surface area (Å²) >= 11 is 0. The van der Waals surface area contributed by atoms with E-state index in [1.807, 2.05) is 32.0 Å². The van der Waals surface area contributed by atoms with Gasteiger partial charge in [-0.1, -0.05) is 12.1 Å². The van der Waals surface area contributed by atoms with Crippen molar-refractivity contribution in [3.8, 4) is 0 Å². The summed E-state index contributed by atoms with van der Waals surface area (Å²) in [6, 6.07) is 5.73. The highest BCUT2D eigenvalue weighted by atomic mass is 16.5. The molecular weight excluding hydrogens is 270 g/mol. The maximum atomic E-state index is 12.6. The van der Waals surface area contributed by atoms with Gasteiger partial charge in [0.2, 0.25) is 0 Å². The molecule has 1 aliphatic heterocycles. The number of morpholine rings is 1. The van der Waals surface area contributed by atoms with Gasteiger partial charge in [0.05, 0.1) is 26.2 Å². The van der Waals surface area contributed by atoms with E-state index in [4.69, 9.17) is 4.74 Å². The Labute approximate surface area is 124 Å². The van der Waals surface area contributed by atoms with Crippen LogP contribution in [0.25, 0.3) is 0 Å². The molecule has 0 aromatic heterocycles. The zero-order chi connectivity index (χ0) is 15.4. The lowest BCUT2D eigenvalue weighted by atomic mass is 10.0. The maximum absolute atomic E-state index is 12.6. The summed E-state index contributed by atoms with van der Waals surface area (Å²) in [7, 11) is 1.35. The first-order valence-corrected chi connectivity index (χ1v) is 7.07. The van der Waals surface area contributed by atoms with Crippen LogP contribution in [0.3, 0.4) is 0 Å². The number of carbonyl (C=O) groups excluding carboxylic acids is 2. The van der Waals surface area contributed by atoms with Crippen LogP contribution in [0.15, 0.2) is 18.2 Å². The van der Waals surface area contributed by atoms with Gasteiger partial charge in [0.15, 0.2) is 0 Å². The van der Waals surface area contributed by atoms with Crippen molar-refractivity contribution >= 4 is 11.9 Å². The van der Waals surface area contributed by atoms with E-state index in [0.717, 1.165) is 11.1 Å². The van der Waals surface area contributed by atoms with E-state index in [0.29, 0.717) is 25.3 Å². The first-order chi connectivity index (χ1) is 10.0. The van der Waals surface area contributed by atoms with Crippen LogP contribution in [-0.2, 0) is 14.3 Å². The van der Waals surface area contributed by atoms with Crippen LogP contribution in [0.2, 0.25) is 0 Å². The van der Waals surface area contributed by atoms with E-state index in [2.05, 4.69) is 4.74 Å². The van der Waals surface area contributed by atoms with Crippen molar-refractivity contribution in [2.24, 2.45) is 0 Å². The molecular formula is C16H21NO4. The van der Waals surface area contributed by atoms with Crippen LogP contribution in [0.5, 0.6) is 0 Å². The van der Waals surface area contributed by atoms with Gasteiger partial charge in [-0.3, -0.25) is 9.59 Å². The average molecular weight is 291 g/mol. The predicted molar refractivity (Wildman–Crippen MR) is 78.2 cm³/mol. The largest absolute Gasteiger partial charge is 0.469 e. The van der Waals surface area contributed by atoms with Gasteiger partial charge in [0.1, 0.15) is 0 Å². The third-order valence-electron chi connectivity index (χ3n) is 3.88. The van der Waals surface area contributed by atoms with Gasteiger partial charge in [-0.15, -0.1) is 0 Å². The summed E-state index contributed by atoms with van der Waals surface area (Å²) in [4.78, 5) is 25.7. The first-order valence-electron chi connectivity index (χ1n) is 7.07. The molecule has 0 saturated carbocycles. The van der Waals surface area contributed by atoms with Crippen molar-refractivity contribution in [2.75, 3.05) is 26.8 Å². The molecule has 0 aliphatic carbocycles. The Kier molecular flexibility index (Phi) is 4.96.